The summed E-state index contributed by atoms with van der Waals surface area (Å²) in [6, 6.07) is 5.69. The second-order valence-corrected chi connectivity index (χ2v) is 5.39. The third-order valence-corrected chi connectivity index (χ3v) is 3.88. The Morgan fingerprint density at radius 1 is 1.50 bits per heavy atom. The molecule has 2 rings (SSSR count). The molecular formula is C14H19ClN2O. The molecule has 0 aromatic heterocycles. The van der Waals surface area contributed by atoms with Crippen molar-refractivity contribution in [3.05, 3.63) is 34.3 Å². The zero-order valence-corrected chi connectivity index (χ0v) is 11.6. The van der Waals surface area contributed by atoms with Crippen LogP contribution in [0, 0.1) is 6.92 Å². The first kappa shape index (κ1) is 13.4. The number of rotatable bonds is 2. The Hall–Kier alpha value is -1.06. The Balaban J connectivity index is 2.05. The first-order valence-electron chi connectivity index (χ1n) is 6.32. The minimum atomic E-state index is -0.0182. The van der Waals surface area contributed by atoms with Gasteiger partial charge in [-0.2, -0.15) is 0 Å². The van der Waals surface area contributed by atoms with Crippen LogP contribution < -0.4 is 5.32 Å². The summed E-state index contributed by atoms with van der Waals surface area (Å²) < 4.78 is 0. The van der Waals surface area contributed by atoms with Crippen LogP contribution in [-0.2, 0) is 0 Å². The molecule has 4 heteroatoms. The Kier molecular flexibility index (Phi) is 4.25. The molecule has 1 aliphatic rings. The van der Waals surface area contributed by atoms with Gasteiger partial charge in [0.2, 0.25) is 0 Å². The molecule has 0 saturated carbocycles. The number of hydrogen-bond donors (Lipinski definition) is 1. The third kappa shape index (κ3) is 3.03. The van der Waals surface area contributed by atoms with Crippen molar-refractivity contribution in [1.29, 1.82) is 0 Å². The van der Waals surface area contributed by atoms with Crippen LogP contribution in [0.5, 0.6) is 0 Å². The lowest BCUT2D eigenvalue weighted by Crippen LogP contribution is -2.46. The normalized spacial score (nSPS) is 20.7. The topological polar surface area (TPSA) is 32.3 Å². The van der Waals surface area contributed by atoms with Crippen molar-refractivity contribution in [1.82, 2.24) is 10.2 Å². The quantitative estimate of drug-likeness (QED) is 0.892. The molecule has 0 aliphatic carbocycles. The number of likely N-dealkylation sites (tertiary alicyclic amines) is 1. The van der Waals surface area contributed by atoms with E-state index in [1.165, 1.54) is 0 Å². The number of amides is 1. The van der Waals surface area contributed by atoms with E-state index in [2.05, 4.69) is 17.3 Å². The number of nitrogens with one attached hydrogen (secondary N) is 1. The van der Waals surface area contributed by atoms with Gasteiger partial charge in [-0.15, -0.1) is 0 Å². The van der Waals surface area contributed by atoms with Crippen molar-refractivity contribution in [3.63, 3.8) is 0 Å². The average molecular weight is 267 g/mol. The molecule has 1 fully saturated rings. The van der Waals surface area contributed by atoms with Gasteiger partial charge in [0.05, 0.1) is 0 Å². The molecule has 1 aromatic rings. The van der Waals surface area contributed by atoms with Crippen LogP contribution in [0.25, 0.3) is 0 Å². The first-order valence-corrected chi connectivity index (χ1v) is 6.70. The zero-order chi connectivity index (χ0) is 13.1. The van der Waals surface area contributed by atoms with E-state index in [4.69, 9.17) is 11.6 Å². The summed E-state index contributed by atoms with van der Waals surface area (Å²) in [5.41, 5.74) is 1.52. The monoisotopic (exact) mass is 266 g/mol. The summed E-state index contributed by atoms with van der Waals surface area (Å²) in [4.78, 5) is 14.5. The Bertz CT molecular complexity index is 447. The second kappa shape index (κ2) is 5.72. The van der Waals surface area contributed by atoms with Gasteiger partial charge >= 0.3 is 0 Å². The van der Waals surface area contributed by atoms with E-state index in [1.807, 2.05) is 25.1 Å². The highest BCUT2D eigenvalue weighted by Crippen LogP contribution is 2.19. The fraction of sp³-hybridized carbons (Fsp3) is 0.500. The molecule has 1 amide bonds. The zero-order valence-electron chi connectivity index (χ0n) is 10.9. The molecule has 1 atom stereocenters. The maximum Gasteiger partial charge on any atom is 0.251 e. The van der Waals surface area contributed by atoms with Gasteiger partial charge in [0, 0.05) is 23.2 Å². The number of hydrogen-bond acceptors (Lipinski definition) is 2. The predicted molar refractivity (Wildman–Crippen MR) is 74.2 cm³/mol. The minimum Gasteiger partial charge on any atom is -0.348 e. The highest BCUT2D eigenvalue weighted by molar-refractivity contribution is 6.31. The highest BCUT2D eigenvalue weighted by Gasteiger charge is 2.20. The largest absolute Gasteiger partial charge is 0.348 e. The molecule has 1 unspecified atom stereocenters. The number of carbonyl (C=O) groups is 1. The predicted octanol–water partition coefficient (Wildman–Crippen LogP) is 2.47. The van der Waals surface area contributed by atoms with Gasteiger partial charge in [0.25, 0.3) is 5.91 Å². The van der Waals surface area contributed by atoms with Crippen molar-refractivity contribution < 1.29 is 4.79 Å². The van der Waals surface area contributed by atoms with Crippen LogP contribution >= 0.6 is 11.6 Å². The lowest BCUT2D eigenvalue weighted by atomic mass is 10.0. The van der Waals surface area contributed by atoms with Crippen LogP contribution in [-0.4, -0.2) is 37.0 Å². The molecule has 98 valence electrons. The van der Waals surface area contributed by atoms with Gasteiger partial charge in [-0.05, 0) is 51.1 Å². The first-order chi connectivity index (χ1) is 8.58. The van der Waals surface area contributed by atoms with Gasteiger partial charge in [0.1, 0.15) is 0 Å². The number of nitrogens with zero attached hydrogens (tertiary/aromatic N) is 1. The van der Waals surface area contributed by atoms with Crippen molar-refractivity contribution in [3.8, 4) is 0 Å². The molecule has 1 aromatic carbocycles. The Morgan fingerprint density at radius 2 is 2.28 bits per heavy atom. The van der Waals surface area contributed by atoms with E-state index in [9.17, 15) is 4.79 Å². The lowest BCUT2D eigenvalue weighted by molar-refractivity contribution is 0.0912. The second-order valence-electron chi connectivity index (χ2n) is 4.99. The van der Waals surface area contributed by atoms with Crippen molar-refractivity contribution in [2.75, 3.05) is 20.1 Å². The van der Waals surface area contributed by atoms with E-state index >= 15 is 0 Å². The van der Waals surface area contributed by atoms with Crippen molar-refractivity contribution >= 4 is 17.5 Å². The summed E-state index contributed by atoms with van der Waals surface area (Å²) in [6.45, 7) is 3.91. The smallest absolute Gasteiger partial charge is 0.251 e. The molecule has 3 nitrogen and oxygen atoms in total. The van der Waals surface area contributed by atoms with Crippen LogP contribution in [0.3, 0.4) is 0 Å². The summed E-state index contributed by atoms with van der Waals surface area (Å²) in [5.74, 6) is -0.0182. The fourth-order valence-electron chi connectivity index (χ4n) is 2.40. The SMILES string of the molecule is Cc1c(Cl)cccc1C(=O)NC1CCCN(C)C1. The molecule has 1 aliphatic heterocycles. The van der Waals surface area contributed by atoms with Crippen LogP contribution in [0.2, 0.25) is 5.02 Å². The fourth-order valence-corrected chi connectivity index (χ4v) is 2.58. The summed E-state index contributed by atoms with van der Waals surface area (Å²) in [6.07, 6.45) is 2.19. The van der Waals surface area contributed by atoms with Crippen LogP contribution in [0.15, 0.2) is 18.2 Å². The van der Waals surface area contributed by atoms with Gasteiger partial charge in [-0.3, -0.25) is 4.79 Å². The van der Waals surface area contributed by atoms with Gasteiger partial charge < -0.3 is 10.2 Å². The summed E-state index contributed by atoms with van der Waals surface area (Å²) in [5, 5.41) is 3.74. The van der Waals surface area contributed by atoms with Crippen LogP contribution in [0.4, 0.5) is 0 Å². The van der Waals surface area contributed by atoms with Gasteiger partial charge in [-0.25, -0.2) is 0 Å². The maximum absolute atomic E-state index is 12.2. The number of carbonyl (C=O) groups excluding carboxylic acids is 1. The summed E-state index contributed by atoms with van der Waals surface area (Å²) in [7, 11) is 2.09. The molecule has 1 saturated heterocycles. The number of piperidine rings is 1. The summed E-state index contributed by atoms with van der Waals surface area (Å²) >= 11 is 6.04. The van der Waals surface area contributed by atoms with E-state index in [1.54, 1.807) is 0 Å². The molecule has 1 N–H and O–H groups in total. The molecule has 18 heavy (non-hydrogen) atoms. The number of halogens is 1. The maximum atomic E-state index is 12.2. The average Bonchev–Trinajstić information content (AvgIpc) is 2.32. The van der Waals surface area contributed by atoms with Crippen molar-refractivity contribution in [2.24, 2.45) is 0 Å². The number of likely N-dealkylation sites (N-methyl/N-ethyl adjacent to an activating group) is 1. The standard InChI is InChI=1S/C14H19ClN2O/c1-10-12(6-3-7-13(10)15)14(18)16-11-5-4-8-17(2)9-11/h3,6-7,11H,4-5,8-9H2,1-2H3,(H,16,18). The van der Waals surface area contributed by atoms with Crippen molar-refractivity contribution in [2.45, 2.75) is 25.8 Å². The lowest BCUT2D eigenvalue weighted by Gasteiger charge is -2.30. The molecule has 0 radical (unpaired) electrons. The Morgan fingerprint density at radius 3 is 3.00 bits per heavy atom. The highest BCUT2D eigenvalue weighted by atomic mass is 35.5. The molecular weight excluding hydrogens is 248 g/mol. The van der Waals surface area contributed by atoms with Crippen LogP contribution in [0.1, 0.15) is 28.8 Å². The third-order valence-electron chi connectivity index (χ3n) is 3.47. The molecule has 0 bridgehead atoms. The number of benzene rings is 1. The van der Waals surface area contributed by atoms with E-state index < -0.39 is 0 Å². The minimum absolute atomic E-state index is 0.0182. The molecule has 1 heterocycles. The van der Waals surface area contributed by atoms with Gasteiger partial charge in [-0.1, -0.05) is 17.7 Å². The van der Waals surface area contributed by atoms with E-state index in [0.29, 0.717) is 10.6 Å². The van der Waals surface area contributed by atoms with E-state index in [0.717, 1.165) is 31.5 Å². The van der Waals surface area contributed by atoms with Gasteiger partial charge in [0.15, 0.2) is 0 Å². The van der Waals surface area contributed by atoms with E-state index in [-0.39, 0.29) is 11.9 Å². The Labute approximate surface area is 113 Å². The molecule has 0 spiro atoms.